The third kappa shape index (κ3) is 8.39. The van der Waals surface area contributed by atoms with Crippen LogP contribution in [-0.2, 0) is 22.4 Å². The van der Waals surface area contributed by atoms with Crippen LogP contribution < -0.4 is 10.6 Å². The second-order valence-electron chi connectivity index (χ2n) is 7.12. The Morgan fingerprint density at radius 2 is 2.04 bits per heavy atom. The van der Waals surface area contributed by atoms with Crippen LogP contribution in [0.1, 0.15) is 50.3 Å². The van der Waals surface area contributed by atoms with Gasteiger partial charge in [0.2, 0.25) is 5.91 Å². The molecule has 1 aliphatic heterocycles. The number of nitrogens with one attached hydrogen (secondary N) is 2. The molecule has 0 atom stereocenters. The lowest BCUT2D eigenvalue weighted by Gasteiger charge is -2.22. The molecule has 1 aromatic heterocycles. The fraction of sp³-hybridized carbons (Fsp3) is 0.650. The zero-order valence-corrected chi connectivity index (χ0v) is 16.3. The second-order valence-corrected chi connectivity index (χ2v) is 7.12. The highest BCUT2D eigenvalue weighted by atomic mass is 16.4. The van der Waals surface area contributed by atoms with Gasteiger partial charge in [-0.2, -0.15) is 0 Å². The lowest BCUT2D eigenvalue weighted by molar-refractivity contribution is -0.137. The van der Waals surface area contributed by atoms with E-state index < -0.39 is 5.97 Å². The third-order valence-corrected chi connectivity index (χ3v) is 4.78. The van der Waals surface area contributed by atoms with Gasteiger partial charge < -0.3 is 20.6 Å². The van der Waals surface area contributed by atoms with Crippen LogP contribution in [0.4, 0.5) is 5.82 Å². The number of hydrogen-bond donors (Lipinski definition) is 3. The molecular formula is C20H32N4O3. The quantitative estimate of drug-likeness (QED) is 0.484. The van der Waals surface area contributed by atoms with Crippen LogP contribution in [0.3, 0.4) is 0 Å². The lowest BCUT2D eigenvalue weighted by atomic mass is 10.1. The summed E-state index contributed by atoms with van der Waals surface area (Å²) < 4.78 is 0. The van der Waals surface area contributed by atoms with Gasteiger partial charge in [0.15, 0.2) is 0 Å². The summed E-state index contributed by atoms with van der Waals surface area (Å²) in [5.41, 5.74) is 2.44. The predicted octanol–water partition coefficient (Wildman–Crippen LogP) is 2.07. The maximum Gasteiger partial charge on any atom is 0.303 e. The van der Waals surface area contributed by atoms with E-state index >= 15 is 0 Å². The zero-order valence-electron chi connectivity index (χ0n) is 16.3. The van der Waals surface area contributed by atoms with Crippen molar-refractivity contribution >= 4 is 17.7 Å². The molecule has 2 heterocycles. The molecule has 0 fully saturated rings. The van der Waals surface area contributed by atoms with E-state index in [0.717, 1.165) is 63.4 Å². The maximum atomic E-state index is 11.0. The minimum atomic E-state index is -0.760. The molecule has 7 nitrogen and oxygen atoms in total. The molecule has 3 N–H and O–H groups in total. The van der Waals surface area contributed by atoms with Crippen molar-refractivity contribution in [3.8, 4) is 0 Å². The monoisotopic (exact) mass is 376 g/mol. The number of unbranched alkanes of at least 4 members (excludes halogenated alkanes) is 1. The Kier molecular flexibility index (Phi) is 9.04. The van der Waals surface area contributed by atoms with Gasteiger partial charge in [0.1, 0.15) is 5.82 Å². The topological polar surface area (TPSA) is 94.6 Å². The molecule has 1 aromatic rings. The molecule has 0 bridgehead atoms. The number of carboxylic acids is 1. The summed E-state index contributed by atoms with van der Waals surface area (Å²) in [6.45, 7) is 5.51. The van der Waals surface area contributed by atoms with Crippen LogP contribution >= 0.6 is 0 Å². The van der Waals surface area contributed by atoms with Crippen LogP contribution in [0, 0.1) is 0 Å². The number of aliphatic carboxylic acids is 1. The standard InChI is InChI=1S/C20H32N4O3/c1-16(25)21-12-15-24(14-5-8-19(26)27)13-3-2-7-18-10-9-17-6-4-11-22-20(17)23-18/h9-10H,2-8,11-15H2,1H3,(H,21,25)(H,22,23)(H,26,27). The second kappa shape index (κ2) is 11.5. The first kappa shape index (κ1) is 21.2. The summed E-state index contributed by atoms with van der Waals surface area (Å²) >= 11 is 0. The fourth-order valence-corrected chi connectivity index (χ4v) is 3.33. The average Bonchev–Trinajstić information content (AvgIpc) is 2.64. The Labute approximate surface area is 161 Å². The van der Waals surface area contributed by atoms with Gasteiger partial charge in [-0.05, 0) is 63.2 Å². The molecule has 0 aliphatic carbocycles. The largest absolute Gasteiger partial charge is 0.481 e. The number of rotatable bonds is 12. The summed E-state index contributed by atoms with van der Waals surface area (Å²) in [6.07, 6.45) is 6.11. The van der Waals surface area contributed by atoms with Gasteiger partial charge in [0.25, 0.3) is 0 Å². The van der Waals surface area contributed by atoms with Gasteiger partial charge >= 0.3 is 5.97 Å². The van der Waals surface area contributed by atoms with E-state index in [2.05, 4.69) is 27.7 Å². The summed E-state index contributed by atoms with van der Waals surface area (Å²) in [6, 6.07) is 4.32. The molecule has 27 heavy (non-hydrogen) atoms. The maximum absolute atomic E-state index is 11.0. The van der Waals surface area contributed by atoms with Gasteiger partial charge in [-0.1, -0.05) is 6.07 Å². The lowest BCUT2D eigenvalue weighted by Crippen LogP contribution is -2.35. The Morgan fingerprint density at radius 1 is 1.22 bits per heavy atom. The van der Waals surface area contributed by atoms with Crippen LogP contribution in [0.2, 0.25) is 0 Å². The van der Waals surface area contributed by atoms with E-state index in [0.29, 0.717) is 13.0 Å². The molecule has 1 aliphatic rings. The smallest absolute Gasteiger partial charge is 0.303 e. The molecule has 2 rings (SSSR count). The molecule has 150 valence electrons. The van der Waals surface area contributed by atoms with E-state index in [4.69, 9.17) is 10.1 Å². The van der Waals surface area contributed by atoms with E-state index in [-0.39, 0.29) is 12.3 Å². The summed E-state index contributed by atoms with van der Waals surface area (Å²) in [4.78, 5) is 28.7. The predicted molar refractivity (Wildman–Crippen MR) is 106 cm³/mol. The highest BCUT2D eigenvalue weighted by Gasteiger charge is 2.11. The molecule has 1 amide bonds. The van der Waals surface area contributed by atoms with Crippen molar-refractivity contribution < 1.29 is 14.7 Å². The molecule has 0 spiro atoms. The number of pyridine rings is 1. The number of aryl methyl sites for hydroxylation is 2. The van der Waals surface area contributed by atoms with Crippen LogP contribution in [-0.4, -0.2) is 59.6 Å². The first-order chi connectivity index (χ1) is 13.0. The first-order valence-electron chi connectivity index (χ1n) is 9.96. The third-order valence-electron chi connectivity index (χ3n) is 4.78. The van der Waals surface area contributed by atoms with Gasteiger partial charge in [-0.25, -0.2) is 4.98 Å². The number of aromatic nitrogens is 1. The van der Waals surface area contributed by atoms with Crippen LogP contribution in [0.15, 0.2) is 12.1 Å². The normalized spacial score (nSPS) is 13.1. The summed E-state index contributed by atoms with van der Waals surface area (Å²) in [5.74, 6) is 0.251. The molecule has 0 saturated carbocycles. The Morgan fingerprint density at radius 3 is 2.81 bits per heavy atom. The SMILES string of the molecule is CC(=O)NCCN(CCCCc1ccc2c(n1)NCCC2)CCCC(=O)O. The van der Waals surface area contributed by atoms with Crippen molar-refractivity contribution in [1.29, 1.82) is 0 Å². The van der Waals surface area contributed by atoms with Gasteiger partial charge in [0, 0.05) is 38.7 Å². The van der Waals surface area contributed by atoms with Crippen molar-refractivity contribution in [3.63, 3.8) is 0 Å². The molecule has 7 heteroatoms. The Bertz CT molecular complexity index is 601. The Hall–Kier alpha value is -2.15. The van der Waals surface area contributed by atoms with E-state index in [1.165, 1.54) is 18.9 Å². The first-order valence-corrected chi connectivity index (χ1v) is 9.96. The molecule has 0 aromatic carbocycles. The van der Waals surface area contributed by atoms with Crippen LogP contribution in [0.25, 0.3) is 0 Å². The fourth-order valence-electron chi connectivity index (χ4n) is 3.33. The average molecular weight is 377 g/mol. The minimum Gasteiger partial charge on any atom is -0.481 e. The molecule has 0 saturated heterocycles. The number of nitrogens with zero attached hydrogens (tertiary/aromatic N) is 2. The van der Waals surface area contributed by atoms with Crippen molar-refractivity contribution in [2.45, 2.75) is 51.9 Å². The van der Waals surface area contributed by atoms with E-state index in [9.17, 15) is 9.59 Å². The van der Waals surface area contributed by atoms with E-state index in [1.807, 2.05) is 0 Å². The van der Waals surface area contributed by atoms with Crippen molar-refractivity contribution in [2.24, 2.45) is 0 Å². The van der Waals surface area contributed by atoms with Gasteiger partial charge in [0.05, 0.1) is 0 Å². The highest BCUT2D eigenvalue weighted by molar-refractivity contribution is 5.72. The number of carboxylic acid groups (broad SMARTS) is 1. The summed E-state index contributed by atoms with van der Waals surface area (Å²) in [7, 11) is 0. The number of carbonyl (C=O) groups excluding carboxylic acids is 1. The molecular weight excluding hydrogens is 344 g/mol. The number of amides is 1. The Balaban J connectivity index is 1.72. The number of carbonyl (C=O) groups is 2. The molecule has 0 unspecified atom stereocenters. The number of anilines is 1. The van der Waals surface area contributed by atoms with E-state index in [1.54, 1.807) is 0 Å². The zero-order chi connectivity index (χ0) is 19.5. The number of hydrogen-bond acceptors (Lipinski definition) is 5. The minimum absolute atomic E-state index is 0.0346. The molecule has 0 radical (unpaired) electrons. The van der Waals surface area contributed by atoms with Crippen molar-refractivity contribution in [1.82, 2.24) is 15.2 Å². The summed E-state index contributed by atoms with van der Waals surface area (Å²) in [5, 5.41) is 15.0. The van der Waals surface area contributed by atoms with Crippen LogP contribution in [0.5, 0.6) is 0 Å². The van der Waals surface area contributed by atoms with Gasteiger partial charge in [-0.3, -0.25) is 9.59 Å². The van der Waals surface area contributed by atoms with Gasteiger partial charge in [-0.15, -0.1) is 0 Å². The van der Waals surface area contributed by atoms with Crippen molar-refractivity contribution in [2.75, 3.05) is 38.0 Å². The number of fused-ring (bicyclic) bond motifs is 1. The van der Waals surface area contributed by atoms with Crippen molar-refractivity contribution in [3.05, 3.63) is 23.4 Å². The highest BCUT2D eigenvalue weighted by Crippen LogP contribution is 2.20.